The summed E-state index contributed by atoms with van der Waals surface area (Å²) in [5, 5.41) is 7.40. The fraction of sp³-hybridized carbons (Fsp3) is 0.300. The van der Waals surface area contributed by atoms with Gasteiger partial charge in [-0.2, -0.15) is 5.10 Å². The van der Waals surface area contributed by atoms with Gasteiger partial charge in [0.1, 0.15) is 0 Å². The first-order valence-electron chi connectivity index (χ1n) is 4.92. The Bertz CT molecular complexity index is 477. The van der Waals surface area contributed by atoms with Gasteiger partial charge >= 0.3 is 0 Å². The third-order valence-electron chi connectivity index (χ3n) is 2.15. The summed E-state index contributed by atoms with van der Waals surface area (Å²) in [7, 11) is 1.85. The molecule has 0 aliphatic rings. The Morgan fingerprint density at radius 2 is 2.38 bits per heavy atom. The number of nitrogen functional groups attached to an aromatic ring is 1. The number of halogens is 1. The van der Waals surface area contributed by atoms with Crippen LogP contribution in [0.15, 0.2) is 18.3 Å². The van der Waals surface area contributed by atoms with Crippen LogP contribution in [0.1, 0.15) is 4.88 Å². The van der Waals surface area contributed by atoms with Gasteiger partial charge in [0, 0.05) is 24.7 Å². The van der Waals surface area contributed by atoms with E-state index in [4.69, 9.17) is 17.3 Å². The number of hydrogen-bond acceptors (Lipinski definition) is 4. The molecule has 0 aliphatic carbocycles. The summed E-state index contributed by atoms with van der Waals surface area (Å²) in [5.74, 6) is 0.741. The summed E-state index contributed by atoms with van der Waals surface area (Å²) in [6.07, 6.45) is 2.71. The van der Waals surface area contributed by atoms with Gasteiger partial charge in [-0.05, 0) is 18.6 Å². The molecule has 0 atom stereocenters. The molecule has 0 saturated carbocycles. The minimum absolute atomic E-state index is 0.673. The molecule has 3 N–H and O–H groups in total. The highest BCUT2D eigenvalue weighted by molar-refractivity contribution is 7.16. The third-order valence-corrected chi connectivity index (χ3v) is 3.44. The molecule has 0 aliphatic heterocycles. The van der Waals surface area contributed by atoms with Crippen molar-refractivity contribution in [3.63, 3.8) is 0 Å². The molecule has 0 unspecified atom stereocenters. The van der Waals surface area contributed by atoms with Gasteiger partial charge in [-0.1, -0.05) is 11.6 Å². The van der Waals surface area contributed by atoms with E-state index in [9.17, 15) is 0 Å². The minimum Gasteiger partial charge on any atom is -0.394 e. The number of nitrogens with two attached hydrogens (primary N) is 1. The molecule has 16 heavy (non-hydrogen) atoms. The lowest BCUT2D eigenvalue weighted by molar-refractivity contribution is 0.768. The van der Waals surface area contributed by atoms with E-state index >= 15 is 0 Å². The van der Waals surface area contributed by atoms with Crippen LogP contribution < -0.4 is 11.1 Å². The molecule has 2 aromatic rings. The lowest BCUT2D eigenvalue weighted by Crippen LogP contribution is -2.06. The molecule has 0 saturated heterocycles. The summed E-state index contributed by atoms with van der Waals surface area (Å²) in [6, 6.07) is 3.95. The topological polar surface area (TPSA) is 55.9 Å². The number of nitrogens with one attached hydrogen (secondary N) is 1. The highest BCUT2D eigenvalue weighted by Gasteiger charge is 2.03. The van der Waals surface area contributed by atoms with Gasteiger partial charge in [0.15, 0.2) is 5.82 Å². The summed E-state index contributed by atoms with van der Waals surface area (Å²) < 4.78 is 2.52. The maximum Gasteiger partial charge on any atom is 0.171 e. The molecular weight excluding hydrogens is 244 g/mol. The van der Waals surface area contributed by atoms with E-state index in [0.29, 0.717) is 5.69 Å². The average molecular weight is 257 g/mol. The van der Waals surface area contributed by atoms with E-state index in [1.54, 1.807) is 22.2 Å². The van der Waals surface area contributed by atoms with Crippen molar-refractivity contribution in [3.8, 4) is 0 Å². The highest BCUT2D eigenvalue weighted by atomic mass is 35.5. The Kier molecular flexibility index (Phi) is 3.36. The van der Waals surface area contributed by atoms with Crippen molar-refractivity contribution in [2.75, 3.05) is 17.6 Å². The number of rotatable bonds is 4. The summed E-state index contributed by atoms with van der Waals surface area (Å²) in [6.45, 7) is 0.804. The zero-order chi connectivity index (χ0) is 11.5. The lowest BCUT2D eigenvalue weighted by atomic mass is 10.3. The molecule has 0 amide bonds. The normalized spacial score (nSPS) is 10.6. The minimum atomic E-state index is 0.673. The predicted molar refractivity (Wildman–Crippen MR) is 69.1 cm³/mol. The molecule has 86 valence electrons. The second-order valence-electron chi connectivity index (χ2n) is 3.49. The van der Waals surface area contributed by atoms with Crippen LogP contribution in [0.4, 0.5) is 11.5 Å². The smallest absolute Gasteiger partial charge is 0.171 e. The number of aryl methyl sites for hydroxylation is 1. The molecule has 2 heterocycles. The standard InChI is InChI=1S/C10H13ClN4S/c1-15-6-8(12)10(14-15)13-5-4-7-2-3-9(11)16-7/h2-3,6H,4-5,12H2,1H3,(H,13,14). The van der Waals surface area contributed by atoms with Gasteiger partial charge in [-0.15, -0.1) is 11.3 Å². The maximum absolute atomic E-state index is 5.85. The quantitative estimate of drug-likeness (QED) is 0.883. The number of anilines is 2. The molecule has 2 rings (SSSR count). The molecule has 6 heteroatoms. The molecular formula is C10H13ClN4S. The van der Waals surface area contributed by atoms with Gasteiger partial charge < -0.3 is 11.1 Å². The molecule has 0 fully saturated rings. The van der Waals surface area contributed by atoms with Gasteiger partial charge in [0.05, 0.1) is 10.0 Å². The number of aromatic nitrogens is 2. The molecule has 2 aromatic heterocycles. The Morgan fingerprint density at radius 1 is 1.56 bits per heavy atom. The van der Waals surface area contributed by atoms with Crippen LogP contribution in [0.3, 0.4) is 0 Å². The first kappa shape index (κ1) is 11.3. The Labute approximate surface area is 103 Å². The van der Waals surface area contributed by atoms with E-state index in [1.165, 1.54) is 4.88 Å². The van der Waals surface area contributed by atoms with E-state index < -0.39 is 0 Å². The summed E-state index contributed by atoms with van der Waals surface area (Å²) in [4.78, 5) is 1.26. The lowest BCUT2D eigenvalue weighted by Gasteiger charge is -2.02. The van der Waals surface area contributed by atoms with Crippen molar-refractivity contribution in [2.45, 2.75) is 6.42 Å². The van der Waals surface area contributed by atoms with Crippen molar-refractivity contribution < 1.29 is 0 Å². The third kappa shape index (κ3) is 2.68. The molecule has 0 aromatic carbocycles. The largest absolute Gasteiger partial charge is 0.394 e. The van der Waals surface area contributed by atoms with Crippen molar-refractivity contribution in [1.29, 1.82) is 0 Å². The summed E-state index contributed by atoms with van der Waals surface area (Å²) in [5.41, 5.74) is 6.43. The number of hydrogen-bond donors (Lipinski definition) is 2. The second kappa shape index (κ2) is 4.76. The van der Waals surface area contributed by atoms with Crippen molar-refractivity contribution >= 4 is 34.4 Å². The molecule has 0 spiro atoms. The van der Waals surface area contributed by atoms with Crippen molar-refractivity contribution in [3.05, 3.63) is 27.5 Å². The first-order valence-corrected chi connectivity index (χ1v) is 6.12. The second-order valence-corrected chi connectivity index (χ2v) is 5.29. The molecule has 0 radical (unpaired) electrons. The van der Waals surface area contributed by atoms with Crippen LogP contribution in [0.2, 0.25) is 4.34 Å². The van der Waals surface area contributed by atoms with Crippen LogP contribution in [-0.2, 0) is 13.5 Å². The van der Waals surface area contributed by atoms with Crippen LogP contribution in [0, 0.1) is 0 Å². The summed E-state index contributed by atoms with van der Waals surface area (Å²) >= 11 is 7.45. The Balaban J connectivity index is 1.86. The van der Waals surface area contributed by atoms with E-state index in [0.717, 1.165) is 23.1 Å². The predicted octanol–water partition coefficient (Wildman–Crippen LogP) is 2.37. The van der Waals surface area contributed by atoms with Crippen LogP contribution in [0.5, 0.6) is 0 Å². The van der Waals surface area contributed by atoms with Crippen LogP contribution in [0.25, 0.3) is 0 Å². The van der Waals surface area contributed by atoms with E-state index in [1.807, 2.05) is 19.2 Å². The van der Waals surface area contributed by atoms with Gasteiger partial charge in [0.2, 0.25) is 0 Å². The number of thiophene rings is 1. The zero-order valence-electron chi connectivity index (χ0n) is 8.90. The fourth-order valence-corrected chi connectivity index (χ4v) is 2.52. The molecule has 0 bridgehead atoms. The van der Waals surface area contributed by atoms with Gasteiger partial charge in [-0.3, -0.25) is 4.68 Å². The maximum atomic E-state index is 5.85. The van der Waals surface area contributed by atoms with Crippen molar-refractivity contribution in [2.24, 2.45) is 7.05 Å². The first-order chi connectivity index (χ1) is 7.65. The Morgan fingerprint density at radius 3 is 2.94 bits per heavy atom. The van der Waals surface area contributed by atoms with Crippen LogP contribution >= 0.6 is 22.9 Å². The van der Waals surface area contributed by atoms with E-state index in [2.05, 4.69) is 10.4 Å². The van der Waals surface area contributed by atoms with Crippen molar-refractivity contribution in [1.82, 2.24) is 9.78 Å². The Hall–Kier alpha value is -1.20. The van der Waals surface area contributed by atoms with Crippen LogP contribution in [-0.4, -0.2) is 16.3 Å². The fourth-order valence-electron chi connectivity index (χ4n) is 1.43. The average Bonchev–Trinajstić information content (AvgIpc) is 2.74. The highest BCUT2D eigenvalue weighted by Crippen LogP contribution is 2.22. The SMILES string of the molecule is Cn1cc(N)c(NCCc2ccc(Cl)s2)n1. The number of nitrogens with zero attached hydrogens (tertiary/aromatic N) is 2. The zero-order valence-corrected chi connectivity index (χ0v) is 10.5. The monoisotopic (exact) mass is 256 g/mol. The van der Waals surface area contributed by atoms with Gasteiger partial charge in [0.25, 0.3) is 0 Å². The van der Waals surface area contributed by atoms with E-state index in [-0.39, 0.29) is 0 Å². The molecule has 4 nitrogen and oxygen atoms in total. The van der Waals surface area contributed by atoms with Gasteiger partial charge in [-0.25, -0.2) is 0 Å².